The van der Waals surface area contributed by atoms with Crippen LogP contribution in [0.3, 0.4) is 0 Å². The molecule has 1 heterocycles. The quantitative estimate of drug-likeness (QED) is 0.706. The number of thioether (sulfide) groups is 1. The lowest BCUT2D eigenvalue weighted by atomic mass is 9.92. The second-order valence-corrected chi connectivity index (χ2v) is 4.75. The number of nitrogens with zero attached hydrogens (tertiary/aromatic N) is 3. The van der Waals surface area contributed by atoms with Crippen LogP contribution >= 0.6 is 11.8 Å². The molecule has 4 nitrogen and oxygen atoms in total. The van der Waals surface area contributed by atoms with Gasteiger partial charge in [-0.25, -0.2) is 4.68 Å². The molecule has 0 saturated heterocycles. The third kappa shape index (κ3) is 2.35. The normalized spacial score (nSPS) is 13.9. The van der Waals surface area contributed by atoms with Gasteiger partial charge in [0.05, 0.1) is 0 Å². The van der Waals surface area contributed by atoms with E-state index in [2.05, 4.69) is 10.3 Å². The Morgan fingerprint density at radius 2 is 2.36 bits per heavy atom. The molecule has 1 atom stereocenters. The molecule has 1 aromatic rings. The van der Waals surface area contributed by atoms with Gasteiger partial charge in [-0.15, -0.1) is 4.91 Å². The second kappa shape index (κ2) is 4.59. The van der Waals surface area contributed by atoms with Crippen molar-refractivity contribution in [3.05, 3.63) is 23.4 Å². The molecule has 0 N–H and O–H groups in total. The van der Waals surface area contributed by atoms with Gasteiger partial charge in [0.25, 0.3) is 0 Å². The molecule has 78 valence electrons. The average molecular weight is 213 g/mol. The fraction of sp³-hybridized carbons (Fsp3) is 0.667. The van der Waals surface area contributed by atoms with Gasteiger partial charge in [-0.3, -0.25) is 0 Å². The minimum atomic E-state index is -0.426. The molecule has 0 fully saturated rings. The second-order valence-electron chi connectivity index (χ2n) is 3.89. The Hall–Kier alpha value is -0.840. The van der Waals surface area contributed by atoms with E-state index >= 15 is 0 Å². The molecular formula is C9H15N3OS. The fourth-order valence-corrected chi connectivity index (χ4v) is 2.31. The molecule has 0 aromatic carbocycles. The summed E-state index contributed by atoms with van der Waals surface area (Å²) in [6, 6.07) is 1.80. The third-order valence-corrected chi connectivity index (χ3v) is 3.12. The summed E-state index contributed by atoms with van der Waals surface area (Å²) in [6.07, 6.45) is 5.03. The van der Waals surface area contributed by atoms with Crippen LogP contribution in [0, 0.1) is 10.3 Å². The van der Waals surface area contributed by atoms with Crippen molar-refractivity contribution in [1.29, 1.82) is 0 Å². The van der Waals surface area contributed by atoms with Gasteiger partial charge in [-0.1, -0.05) is 13.8 Å². The van der Waals surface area contributed by atoms with Gasteiger partial charge in [-0.05, 0) is 17.5 Å². The number of hydrogen-bond acceptors (Lipinski definition) is 4. The molecule has 0 aliphatic carbocycles. The van der Waals surface area contributed by atoms with Crippen LogP contribution in [0.1, 0.15) is 20.0 Å². The van der Waals surface area contributed by atoms with Crippen molar-refractivity contribution in [2.24, 2.45) is 10.6 Å². The zero-order valence-corrected chi connectivity index (χ0v) is 9.49. The maximum absolute atomic E-state index is 10.8. The van der Waals surface area contributed by atoms with E-state index in [1.807, 2.05) is 20.1 Å². The molecule has 0 amide bonds. The molecule has 1 aromatic heterocycles. The Morgan fingerprint density at radius 1 is 1.64 bits per heavy atom. The molecule has 0 aliphatic rings. The van der Waals surface area contributed by atoms with E-state index in [1.165, 1.54) is 0 Å². The number of nitroso groups, excluding NO2 is 1. The fourth-order valence-electron chi connectivity index (χ4n) is 1.42. The highest BCUT2D eigenvalue weighted by Gasteiger charge is 2.32. The van der Waals surface area contributed by atoms with Gasteiger partial charge in [0, 0.05) is 23.6 Å². The van der Waals surface area contributed by atoms with E-state index in [-0.39, 0.29) is 5.41 Å². The molecule has 5 heteroatoms. The topological polar surface area (TPSA) is 47.2 Å². The van der Waals surface area contributed by atoms with Crippen LogP contribution in [-0.4, -0.2) is 21.8 Å². The van der Waals surface area contributed by atoms with Crippen molar-refractivity contribution in [3.8, 4) is 0 Å². The highest BCUT2D eigenvalue weighted by Crippen LogP contribution is 2.34. The van der Waals surface area contributed by atoms with Gasteiger partial charge in [0.1, 0.15) is 0 Å². The van der Waals surface area contributed by atoms with Crippen LogP contribution in [-0.2, 0) is 0 Å². The van der Waals surface area contributed by atoms with Crippen LogP contribution in [0.25, 0.3) is 0 Å². The van der Waals surface area contributed by atoms with Gasteiger partial charge in [-0.2, -0.15) is 16.9 Å². The molecule has 1 unspecified atom stereocenters. The summed E-state index contributed by atoms with van der Waals surface area (Å²) in [5.74, 6) is 0.878. The van der Waals surface area contributed by atoms with Gasteiger partial charge in [0.15, 0.2) is 6.17 Å². The SMILES string of the molecule is CSCC(C)(C)C(N=O)n1cccn1. The van der Waals surface area contributed by atoms with Crippen LogP contribution in [0.5, 0.6) is 0 Å². The van der Waals surface area contributed by atoms with Crippen molar-refractivity contribution < 1.29 is 0 Å². The van der Waals surface area contributed by atoms with E-state index in [9.17, 15) is 4.91 Å². The average Bonchev–Trinajstić information content (AvgIpc) is 2.57. The maximum Gasteiger partial charge on any atom is 0.188 e. The predicted octanol–water partition coefficient (Wildman–Crippen LogP) is 2.54. The molecule has 0 saturated carbocycles. The Balaban J connectivity index is 2.86. The lowest BCUT2D eigenvalue weighted by molar-refractivity contribution is 0.238. The van der Waals surface area contributed by atoms with Crippen LogP contribution < -0.4 is 0 Å². The van der Waals surface area contributed by atoms with E-state index < -0.39 is 6.17 Å². The van der Waals surface area contributed by atoms with Gasteiger partial charge < -0.3 is 0 Å². The zero-order valence-electron chi connectivity index (χ0n) is 8.67. The molecule has 0 radical (unpaired) electrons. The van der Waals surface area contributed by atoms with Crippen molar-refractivity contribution in [2.75, 3.05) is 12.0 Å². The Bertz CT molecular complexity index is 284. The van der Waals surface area contributed by atoms with Crippen LogP contribution in [0.2, 0.25) is 0 Å². The molecule has 0 aliphatic heterocycles. The summed E-state index contributed by atoms with van der Waals surface area (Å²) in [4.78, 5) is 10.8. The number of rotatable bonds is 5. The van der Waals surface area contributed by atoms with E-state index in [0.29, 0.717) is 0 Å². The zero-order chi connectivity index (χ0) is 10.6. The summed E-state index contributed by atoms with van der Waals surface area (Å²) >= 11 is 1.71. The minimum absolute atomic E-state index is 0.173. The van der Waals surface area contributed by atoms with E-state index in [1.54, 1.807) is 34.9 Å². The molecule has 0 bridgehead atoms. The Morgan fingerprint density at radius 3 is 2.79 bits per heavy atom. The van der Waals surface area contributed by atoms with Crippen molar-refractivity contribution in [2.45, 2.75) is 20.0 Å². The van der Waals surface area contributed by atoms with E-state index in [4.69, 9.17) is 0 Å². The summed E-state index contributed by atoms with van der Waals surface area (Å²) < 4.78 is 1.61. The molecular weight excluding hydrogens is 198 g/mol. The first kappa shape index (κ1) is 11.2. The third-order valence-electron chi connectivity index (χ3n) is 2.09. The smallest absolute Gasteiger partial charge is 0.188 e. The highest BCUT2D eigenvalue weighted by molar-refractivity contribution is 7.98. The highest BCUT2D eigenvalue weighted by atomic mass is 32.2. The maximum atomic E-state index is 10.8. The summed E-state index contributed by atoms with van der Waals surface area (Å²) in [5.41, 5.74) is -0.173. The minimum Gasteiger partial charge on any atom is -0.244 e. The molecule has 1 rings (SSSR count). The summed E-state index contributed by atoms with van der Waals surface area (Å²) in [7, 11) is 0. The first-order chi connectivity index (χ1) is 6.61. The van der Waals surface area contributed by atoms with Crippen molar-refractivity contribution in [3.63, 3.8) is 0 Å². The predicted molar refractivity (Wildman–Crippen MR) is 59.2 cm³/mol. The van der Waals surface area contributed by atoms with Gasteiger partial charge in [0.2, 0.25) is 0 Å². The Labute approximate surface area is 88.0 Å². The van der Waals surface area contributed by atoms with Crippen molar-refractivity contribution in [1.82, 2.24) is 9.78 Å². The first-order valence-electron chi connectivity index (χ1n) is 4.42. The van der Waals surface area contributed by atoms with Gasteiger partial charge >= 0.3 is 0 Å². The lowest BCUT2D eigenvalue weighted by Gasteiger charge is -2.28. The van der Waals surface area contributed by atoms with Crippen molar-refractivity contribution >= 4 is 11.8 Å². The standard InChI is InChI=1S/C9H15N3OS/c1-9(2,7-14-3)8(11-13)12-6-4-5-10-12/h4-6,8H,7H2,1-3H3. The monoisotopic (exact) mass is 213 g/mol. The number of aromatic nitrogens is 2. The lowest BCUT2D eigenvalue weighted by Crippen LogP contribution is -2.28. The molecule has 14 heavy (non-hydrogen) atoms. The summed E-state index contributed by atoms with van der Waals surface area (Å²) in [6.45, 7) is 4.05. The van der Waals surface area contributed by atoms with Crippen LogP contribution in [0.4, 0.5) is 0 Å². The summed E-state index contributed by atoms with van der Waals surface area (Å²) in [5, 5.41) is 7.21. The largest absolute Gasteiger partial charge is 0.244 e. The first-order valence-corrected chi connectivity index (χ1v) is 5.82. The van der Waals surface area contributed by atoms with E-state index in [0.717, 1.165) is 5.75 Å². The number of hydrogen-bond donors (Lipinski definition) is 0. The molecule has 0 spiro atoms. The van der Waals surface area contributed by atoms with Crippen LogP contribution in [0.15, 0.2) is 23.6 Å². The Kier molecular flexibility index (Phi) is 3.69.